The fourth-order valence-electron chi connectivity index (χ4n) is 3.61. The molecule has 0 radical (unpaired) electrons. The van der Waals surface area contributed by atoms with E-state index >= 15 is 0 Å². The zero-order valence-electron chi connectivity index (χ0n) is 16.3. The van der Waals surface area contributed by atoms with Gasteiger partial charge in [-0.05, 0) is 68.1 Å². The molecule has 1 aromatic heterocycles. The van der Waals surface area contributed by atoms with Crippen molar-refractivity contribution in [3.05, 3.63) is 63.0 Å². The van der Waals surface area contributed by atoms with Gasteiger partial charge in [0.25, 0.3) is 10.0 Å². The third-order valence-corrected chi connectivity index (χ3v) is 7.99. The van der Waals surface area contributed by atoms with Crippen LogP contribution in [-0.2, 0) is 16.4 Å². The number of aryl methyl sites for hydroxylation is 2. The molecule has 1 aliphatic rings. The number of carboxylic acids is 1. The van der Waals surface area contributed by atoms with Crippen molar-refractivity contribution in [1.29, 1.82) is 0 Å². The van der Waals surface area contributed by atoms with Crippen LogP contribution in [0.15, 0.2) is 40.6 Å². The maximum atomic E-state index is 13.4. The van der Waals surface area contributed by atoms with Gasteiger partial charge in [-0.3, -0.25) is 4.31 Å². The lowest BCUT2D eigenvalue weighted by atomic mass is 10.1. The van der Waals surface area contributed by atoms with Crippen LogP contribution in [0.5, 0.6) is 0 Å². The Morgan fingerprint density at radius 1 is 1.17 bits per heavy atom. The topological polar surface area (TPSA) is 87.6 Å². The van der Waals surface area contributed by atoms with Gasteiger partial charge in [-0.25, -0.2) is 18.2 Å². The summed E-state index contributed by atoms with van der Waals surface area (Å²) in [7, 11) is -3.88. The number of hydrogen-bond acceptors (Lipinski definition) is 5. The molecule has 6 nitrogen and oxygen atoms in total. The third-order valence-electron chi connectivity index (χ3n) is 5.28. The highest BCUT2D eigenvalue weighted by Gasteiger charge is 2.33. The first kappa shape index (κ1) is 19.6. The summed E-state index contributed by atoms with van der Waals surface area (Å²) in [5.74, 6) is -1.14. The van der Waals surface area contributed by atoms with E-state index in [0.717, 1.165) is 21.8 Å². The normalized spacial score (nSPS) is 13.6. The van der Waals surface area contributed by atoms with Crippen LogP contribution in [0.25, 0.3) is 11.3 Å². The number of carboxylic acid groups (broad SMARTS) is 1. The lowest BCUT2D eigenvalue weighted by Gasteiger charge is -2.22. The van der Waals surface area contributed by atoms with E-state index in [9.17, 15) is 18.3 Å². The first-order chi connectivity index (χ1) is 13.7. The second kappa shape index (κ2) is 6.96. The van der Waals surface area contributed by atoms with Gasteiger partial charge in [0.1, 0.15) is 0 Å². The molecule has 0 bridgehead atoms. The van der Waals surface area contributed by atoms with Crippen LogP contribution < -0.4 is 4.31 Å². The van der Waals surface area contributed by atoms with Crippen molar-refractivity contribution >= 4 is 33.0 Å². The van der Waals surface area contributed by atoms with Gasteiger partial charge in [0.15, 0.2) is 0 Å². The molecule has 1 aliphatic heterocycles. The predicted molar refractivity (Wildman–Crippen MR) is 113 cm³/mol. The number of anilines is 1. The van der Waals surface area contributed by atoms with Crippen molar-refractivity contribution in [3.8, 4) is 11.3 Å². The first-order valence-corrected chi connectivity index (χ1v) is 11.4. The van der Waals surface area contributed by atoms with Crippen LogP contribution in [0.3, 0.4) is 0 Å². The molecule has 0 saturated carbocycles. The number of thiazole rings is 1. The molecule has 3 aromatic rings. The minimum atomic E-state index is -3.88. The zero-order chi connectivity index (χ0) is 20.9. The average Bonchev–Trinajstić information content (AvgIpc) is 3.29. The molecule has 0 saturated heterocycles. The van der Waals surface area contributed by atoms with Crippen LogP contribution in [0.2, 0.25) is 0 Å². The van der Waals surface area contributed by atoms with Gasteiger partial charge in [0.2, 0.25) is 0 Å². The van der Waals surface area contributed by atoms with E-state index in [4.69, 9.17) is 0 Å². The number of nitrogens with zero attached hydrogens (tertiary/aromatic N) is 2. The van der Waals surface area contributed by atoms with Crippen LogP contribution in [0, 0.1) is 20.8 Å². The van der Waals surface area contributed by atoms with Gasteiger partial charge in [-0.1, -0.05) is 6.07 Å². The summed E-state index contributed by atoms with van der Waals surface area (Å²) in [5, 5.41) is 12.3. The third kappa shape index (κ3) is 3.32. The number of carbonyl (C=O) groups is 1. The number of aromatic nitrogens is 1. The molecule has 29 heavy (non-hydrogen) atoms. The molecule has 150 valence electrons. The average molecular weight is 429 g/mol. The van der Waals surface area contributed by atoms with Crippen molar-refractivity contribution in [2.75, 3.05) is 10.8 Å². The van der Waals surface area contributed by atoms with Crippen LogP contribution in [0.4, 0.5) is 5.69 Å². The molecule has 0 unspecified atom stereocenters. The smallest absolute Gasteiger partial charge is 0.335 e. The summed E-state index contributed by atoms with van der Waals surface area (Å²) >= 11 is 1.58. The molecule has 2 aromatic carbocycles. The molecular formula is C21H20N2O4S2. The molecule has 0 fully saturated rings. The molecule has 2 heterocycles. The van der Waals surface area contributed by atoms with Crippen molar-refractivity contribution in [2.24, 2.45) is 0 Å². The molecular weight excluding hydrogens is 408 g/mol. The number of benzene rings is 2. The minimum Gasteiger partial charge on any atom is -0.478 e. The van der Waals surface area contributed by atoms with E-state index < -0.39 is 16.0 Å². The second-order valence-electron chi connectivity index (χ2n) is 7.14. The maximum Gasteiger partial charge on any atom is 0.335 e. The van der Waals surface area contributed by atoms with Gasteiger partial charge >= 0.3 is 5.97 Å². The lowest BCUT2D eigenvalue weighted by Crippen LogP contribution is -2.30. The van der Waals surface area contributed by atoms with Gasteiger partial charge in [0, 0.05) is 17.5 Å². The number of fused-ring (bicyclic) bond motifs is 1. The number of rotatable bonds is 4. The summed E-state index contributed by atoms with van der Waals surface area (Å²) in [4.78, 5) is 16.0. The van der Waals surface area contributed by atoms with Crippen LogP contribution in [0.1, 0.15) is 32.1 Å². The number of sulfonamides is 1. The van der Waals surface area contributed by atoms with Crippen LogP contribution in [-0.4, -0.2) is 31.0 Å². The first-order valence-electron chi connectivity index (χ1n) is 9.11. The van der Waals surface area contributed by atoms with Crippen molar-refractivity contribution in [3.63, 3.8) is 0 Å². The summed E-state index contributed by atoms with van der Waals surface area (Å²) in [6.45, 7) is 5.71. The Labute approximate surface area is 173 Å². The summed E-state index contributed by atoms with van der Waals surface area (Å²) < 4.78 is 28.2. The predicted octanol–water partition coefficient (Wildman–Crippen LogP) is 4.18. The fourth-order valence-corrected chi connectivity index (χ4v) is 6.07. The van der Waals surface area contributed by atoms with E-state index in [-0.39, 0.29) is 10.5 Å². The van der Waals surface area contributed by atoms with E-state index in [2.05, 4.69) is 4.98 Å². The van der Waals surface area contributed by atoms with Crippen molar-refractivity contribution in [2.45, 2.75) is 32.1 Å². The SMILES string of the molecule is Cc1nc(-c2ccc3c(c2)CCN3S(=O)(=O)c2cc(C(=O)O)cc(C)c2C)cs1. The number of aromatic carboxylic acids is 1. The Morgan fingerprint density at radius 3 is 2.59 bits per heavy atom. The highest BCUT2D eigenvalue weighted by molar-refractivity contribution is 7.93. The largest absolute Gasteiger partial charge is 0.478 e. The Balaban J connectivity index is 1.77. The molecule has 8 heteroatoms. The Kier molecular flexibility index (Phi) is 4.71. The minimum absolute atomic E-state index is 0.0275. The molecule has 1 N–H and O–H groups in total. The van der Waals surface area contributed by atoms with E-state index in [1.54, 1.807) is 25.2 Å². The van der Waals surface area contributed by atoms with Crippen molar-refractivity contribution in [1.82, 2.24) is 4.98 Å². The van der Waals surface area contributed by atoms with Gasteiger partial charge < -0.3 is 5.11 Å². The molecule has 0 aliphatic carbocycles. The van der Waals surface area contributed by atoms with Crippen LogP contribution >= 0.6 is 11.3 Å². The Morgan fingerprint density at radius 2 is 1.93 bits per heavy atom. The Bertz CT molecular complexity index is 1250. The van der Waals surface area contributed by atoms with Gasteiger partial charge in [-0.15, -0.1) is 11.3 Å². The molecule has 0 spiro atoms. The number of hydrogen-bond donors (Lipinski definition) is 1. The van der Waals surface area contributed by atoms with E-state index in [1.807, 2.05) is 30.5 Å². The summed E-state index contributed by atoms with van der Waals surface area (Å²) in [6.07, 6.45) is 0.599. The maximum absolute atomic E-state index is 13.4. The van der Waals surface area contributed by atoms with Crippen molar-refractivity contribution < 1.29 is 18.3 Å². The van der Waals surface area contributed by atoms with E-state index in [0.29, 0.717) is 29.8 Å². The lowest BCUT2D eigenvalue weighted by molar-refractivity contribution is 0.0696. The van der Waals surface area contributed by atoms with Gasteiger partial charge in [0.05, 0.1) is 26.8 Å². The standard InChI is InChI=1S/C21H20N2O4S2/c1-12-8-17(21(24)25)10-20(13(12)2)29(26,27)23-7-6-16-9-15(4-5-19(16)23)18-11-28-14(3)22-18/h4-5,8-11H,6-7H2,1-3H3,(H,24,25). The highest BCUT2D eigenvalue weighted by atomic mass is 32.2. The fraction of sp³-hybridized carbons (Fsp3) is 0.238. The summed E-state index contributed by atoms with van der Waals surface area (Å²) in [5.41, 5.74) is 4.61. The Hall–Kier alpha value is -2.71. The molecule has 4 rings (SSSR count). The molecule has 0 amide bonds. The summed E-state index contributed by atoms with van der Waals surface area (Å²) in [6, 6.07) is 8.44. The molecule has 0 atom stereocenters. The highest BCUT2D eigenvalue weighted by Crippen LogP contribution is 2.37. The monoisotopic (exact) mass is 428 g/mol. The van der Waals surface area contributed by atoms with E-state index in [1.165, 1.54) is 16.4 Å². The van der Waals surface area contributed by atoms with Gasteiger partial charge in [-0.2, -0.15) is 0 Å². The zero-order valence-corrected chi connectivity index (χ0v) is 17.9. The quantitative estimate of drug-likeness (QED) is 0.673. The second-order valence-corrected chi connectivity index (χ2v) is 10.0.